The van der Waals surface area contributed by atoms with Gasteiger partial charge in [-0.3, -0.25) is 4.79 Å². The second-order valence-electron chi connectivity index (χ2n) is 2.76. The molecule has 0 unspecified atom stereocenters. The molecule has 0 spiro atoms. The van der Waals surface area contributed by atoms with Crippen molar-refractivity contribution in [3.63, 3.8) is 0 Å². The number of carbonyl (C=O) groups excluding carboxylic acids is 1. The fourth-order valence-electron chi connectivity index (χ4n) is 1.04. The molecule has 0 radical (unpaired) electrons. The Kier molecular flexibility index (Phi) is 3.36. The summed E-state index contributed by atoms with van der Waals surface area (Å²) in [6.07, 6.45) is 0. The molecular weight excluding hydrogens is 184 g/mol. The standard InChI is InChI=1S/C10H10O4/c1-14-6-7-2-4-8(5-3-7)9(11)10(12)13/h2-5H,6H2,1H3,(H,12,13). The summed E-state index contributed by atoms with van der Waals surface area (Å²) in [5.74, 6) is -2.33. The number of benzene rings is 1. The summed E-state index contributed by atoms with van der Waals surface area (Å²) in [6.45, 7) is 0.446. The number of hydrogen-bond donors (Lipinski definition) is 1. The Bertz CT molecular complexity index is 340. The first-order chi connectivity index (χ1) is 6.65. The lowest BCUT2D eigenvalue weighted by molar-refractivity contribution is -0.131. The van der Waals surface area contributed by atoms with Gasteiger partial charge in [-0.15, -0.1) is 0 Å². The second-order valence-corrected chi connectivity index (χ2v) is 2.76. The van der Waals surface area contributed by atoms with Crippen LogP contribution in [-0.4, -0.2) is 24.0 Å². The van der Waals surface area contributed by atoms with Gasteiger partial charge in [0.25, 0.3) is 5.78 Å². The third kappa shape index (κ3) is 2.40. The quantitative estimate of drug-likeness (QED) is 0.575. The number of ketones is 1. The first kappa shape index (κ1) is 10.4. The van der Waals surface area contributed by atoms with Crippen molar-refractivity contribution in [1.29, 1.82) is 0 Å². The van der Waals surface area contributed by atoms with Gasteiger partial charge in [0.1, 0.15) is 0 Å². The Morgan fingerprint density at radius 1 is 1.29 bits per heavy atom. The van der Waals surface area contributed by atoms with Gasteiger partial charge in [-0.05, 0) is 5.56 Å². The number of ether oxygens (including phenoxy) is 1. The summed E-state index contributed by atoms with van der Waals surface area (Å²) < 4.78 is 4.87. The fourth-order valence-corrected chi connectivity index (χ4v) is 1.04. The molecule has 0 fully saturated rings. The molecule has 0 atom stereocenters. The highest BCUT2D eigenvalue weighted by Crippen LogP contribution is 2.06. The Hall–Kier alpha value is -1.68. The average molecular weight is 194 g/mol. The number of aliphatic carboxylic acids is 1. The number of carboxylic acid groups (broad SMARTS) is 1. The molecule has 1 aromatic rings. The molecule has 0 amide bonds. The highest BCUT2D eigenvalue weighted by molar-refractivity contribution is 6.39. The minimum atomic E-state index is -1.44. The van der Waals surface area contributed by atoms with Gasteiger partial charge >= 0.3 is 5.97 Å². The van der Waals surface area contributed by atoms with Crippen LogP contribution in [0.3, 0.4) is 0 Å². The summed E-state index contributed by atoms with van der Waals surface area (Å²) >= 11 is 0. The summed E-state index contributed by atoms with van der Waals surface area (Å²) in [6, 6.07) is 6.29. The molecule has 0 saturated carbocycles. The molecule has 0 bridgehead atoms. The molecule has 14 heavy (non-hydrogen) atoms. The van der Waals surface area contributed by atoms with Crippen LogP contribution >= 0.6 is 0 Å². The molecule has 4 heteroatoms. The van der Waals surface area contributed by atoms with Gasteiger partial charge in [-0.2, -0.15) is 0 Å². The van der Waals surface area contributed by atoms with Crippen molar-refractivity contribution >= 4 is 11.8 Å². The Morgan fingerprint density at radius 2 is 1.86 bits per heavy atom. The van der Waals surface area contributed by atoms with Gasteiger partial charge in [0.2, 0.25) is 0 Å². The van der Waals surface area contributed by atoms with Crippen molar-refractivity contribution < 1.29 is 19.4 Å². The first-order valence-electron chi connectivity index (χ1n) is 4.00. The number of Topliss-reactive ketones (excluding diaryl/α,β-unsaturated/α-hetero) is 1. The average Bonchev–Trinajstić information content (AvgIpc) is 2.18. The normalized spacial score (nSPS) is 9.79. The van der Waals surface area contributed by atoms with Crippen LogP contribution in [0.1, 0.15) is 15.9 Å². The topological polar surface area (TPSA) is 63.6 Å². The van der Waals surface area contributed by atoms with E-state index in [1.54, 1.807) is 19.2 Å². The molecule has 0 heterocycles. The van der Waals surface area contributed by atoms with E-state index in [1.165, 1.54) is 12.1 Å². The van der Waals surface area contributed by atoms with E-state index in [0.29, 0.717) is 6.61 Å². The maximum absolute atomic E-state index is 11.0. The van der Waals surface area contributed by atoms with Gasteiger partial charge < -0.3 is 9.84 Å². The van der Waals surface area contributed by atoms with Gasteiger partial charge in [-0.25, -0.2) is 4.79 Å². The van der Waals surface area contributed by atoms with Crippen LogP contribution in [0.15, 0.2) is 24.3 Å². The Morgan fingerprint density at radius 3 is 2.29 bits per heavy atom. The van der Waals surface area contributed by atoms with Gasteiger partial charge in [-0.1, -0.05) is 24.3 Å². The number of methoxy groups -OCH3 is 1. The highest BCUT2D eigenvalue weighted by atomic mass is 16.5. The van der Waals surface area contributed by atoms with Crippen molar-refractivity contribution in [1.82, 2.24) is 0 Å². The summed E-state index contributed by atoms with van der Waals surface area (Å²) in [5, 5.41) is 8.43. The summed E-state index contributed by atoms with van der Waals surface area (Å²) in [7, 11) is 1.57. The van der Waals surface area contributed by atoms with E-state index in [0.717, 1.165) is 5.56 Å². The Balaban J connectivity index is 2.83. The van der Waals surface area contributed by atoms with Gasteiger partial charge in [0, 0.05) is 12.7 Å². The molecule has 0 aliphatic carbocycles. The lowest BCUT2D eigenvalue weighted by atomic mass is 10.1. The molecule has 0 aliphatic rings. The smallest absolute Gasteiger partial charge is 0.377 e. The van der Waals surface area contributed by atoms with Crippen LogP contribution in [0, 0.1) is 0 Å². The van der Waals surface area contributed by atoms with Crippen LogP contribution in [0.25, 0.3) is 0 Å². The zero-order chi connectivity index (χ0) is 10.6. The second kappa shape index (κ2) is 4.53. The first-order valence-corrected chi connectivity index (χ1v) is 4.00. The van der Waals surface area contributed by atoms with Crippen LogP contribution in [0.4, 0.5) is 0 Å². The van der Waals surface area contributed by atoms with Gasteiger partial charge in [0.05, 0.1) is 6.61 Å². The van der Waals surface area contributed by atoms with Crippen LogP contribution in [0.2, 0.25) is 0 Å². The minimum Gasteiger partial charge on any atom is -0.475 e. The minimum absolute atomic E-state index is 0.178. The van der Waals surface area contributed by atoms with E-state index in [9.17, 15) is 9.59 Å². The molecule has 74 valence electrons. The predicted molar refractivity (Wildman–Crippen MR) is 49.1 cm³/mol. The van der Waals surface area contributed by atoms with Gasteiger partial charge in [0.15, 0.2) is 0 Å². The van der Waals surface area contributed by atoms with Crippen molar-refractivity contribution in [2.75, 3.05) is 7.11 Å². The van der Waals surface area contributed by atoms with E-state index < -0.39 is 11.8 Å². The van der Waals surface area contributed by atoms with E-state index in [4.69, 9.17) is 9.84 Å². The fraction of sp³-hybridized carbons (Fsp3) is 0.200. The van der Waals surface area contributed by atoms with Crippen LogP contribution in [-0.2, 0) is 16.1 Å². The number of hydrogen-bond acceptors (Lipinski definition) is 3. The highest BCUT2D eigenvalue weighted by Gasteiger charge is 2.13. The lowest BCUT2D eigenvalue weighted by Gasteiger charge is -2.00. The van der Waals surface area contributed by atoms with Crippen molar-refractivity contribution in [3.8, 4) is 0 Å². The lowest BCUT2D eigenvalue weighted by Crippen LogP contribution is -2.12. The maximum atomic E-state index is 11.0. The van der Waals surface area contributed by atoms with Crippen LogP contribution in [0.5, 0.6) is 0 Å². The molecule has 4 nitrogen and oxygen atoms in total. The monoisotopic (exact) mass is 194 g/mol. The maximum Gasteiger partial charge on any atom is 0.377 e. The third-order valence-electron chi connectivity index (χ3n) is 1.72. The zero-order valence-electron chi connectivity index (χ0n) is 7.69. The molecular formula is C10H10O4. The largest absolute Gasteiger partial charge is 0.475 e. The molecule has 0 aliphatic heterocycles. The van der Waals surface area contributed by atoms with Crippen molar-refractivity contribution in [2.24, 2.45) is 0 Å². The SMILES string of the molecule is COCc1ccc(C(=O)C(=O)O)cc1. The van der Waals surface area contributed by atoms with E-state index in [1.807, 2.05) is 0 Å². The van der Waals surface area contributed by atoms with Crippen molar-refractivity contribution in [2.45, 2.75) is 6.61 Å². The summed E-state index contributed by atoms with van der Waals surface area (Å²) in [4.78, 5) is 21.3. The zero-order valence-corrected chi connectivity index (χ0v) is 7.69. The van der Waals surface area contributed by atoms with Crippen molar-refractivity contribution in [3.05, 3.63) is 35.4 Å². The summed E-state index contributed by atoms with van der Waals surface area (Å²) in [5.41, 5.74) is 1.08. The molecule has 1 rings (SSSR count). The predicted octanol–water partition coefficient (Wildman–Crippen LogP) is 1.10. The third-order valence-corrected chi connectivity index (χ3v) is 1.72. The van der Waals surface area contributed by atoms with Crippen LogP contribution < -0.4 is 0 Å². The Labute approximate surface area is 81.1 Å². The van der Waals surface area contributed by atoms with E-state index in [2.05, 4.69) is 0 Å². The van der Waals surface area contributed by atoms with E-state index >= 15 is 0 Å². The number of rotatable bonds is 4. The molecule has 0 aromatic heterocycles. The number of carboxylic acids is 1. The molecule has 0 saturated heterocycles. The molecule has 1 N–H and O–H groups in total. The van der Waals surface area contributed by atoms with E-state index in [-0.39, 0.29) is 5.56 Å². The number of carbonyl (C=O) groups is 2. The molecule has 1 aromatic carbocycles.